The van der Waals surface area contributed by atoms with Crippen LogP contribution in [0.25, 0.3) is 10.2 Å². The number of fused-ring (bicyclic) bond motifs is 1. The first-order chi connectivity index (χ1) is 13.4. The number of hydrogen-bond acceptors (Lipinski definition) is 6. The Morgan fingerprint density at radius 1 is 1.29 bits per heavy atom. The van der Waals surface area contributed by atoms with Crippen molar-refractivity contribution in [1.29, 1.82) is 0 Å². The molecule has 0 unspecified atom stereocenters. The third-order valence-electron chi connectivity index (χ3n) is 4.36. The molecule has 0 bridgehead atoms. The SMILES string of the molecule is CC[C@@H](C)OC(=O)Cn1cnc2sc(C(=O)Nc3ccccc3)c(C)c2c1=O. The van der Waals surface area contributed by atoms with Crippen molar-refractivity contribution >= 4 is 39.1 Å². The predicted octanol–water partition coefficient (Wildman–Crippen LogP) is 3.36. The van der Waals surface area contributed by atoms with Gasteiger partial charge in [-0.3, -0.25) is 19.0 Å². The molecule has 0 fully saturated rings. The largest absolute Gasteiger partial charge is 0.461 e. The molecule has 3 rings (SSSR count). The van der Waals surface area contributed by atoms with Gasteiger partial charge < -0.3 is 10.1 Å². The number of carbonyl (C=O) groups excluding carboxylic acids is 2. The maximum absolute atomic E-state index is 12.8. The van der Waals surface area contributed by atoms with Crippen LogP contribution in [0.15, 0.2) is 41.5 Å². The molecule has 1 atom stereocenters. The highest BCUT2D eigenvalue weighted by Crippen LogP contribution is 2.27. The maximum Gasteiger partial charge on any atom is 0.326 e. The van der Waals surface area contributed by atoms with Crippen molar-refractivity contribution in [3.63, 3.8) is 0 Å². The molecular weight excluding hydrogens is 378 g/mol. The molecule has 0 aliphatic carbocycles. The van der Waals surface area contributed by atoms with E-state index >= 15 is 0 Å². The number of amides is 1. The molecule has 8 heteroatoms. The Bertz CT molecular complexity index is 1070. The van der Waals surface area contributed by atoms with Gasteiger partial charge >= 0.3 is 5.97 Å². The zero-order valence-corrected chi connectivity index (χ0v) is 16.7. The van der Waals surface area contributed by atoms with Gasteiger partial charge in [-0.05, 0) is 38.0 Å². The Morgan fingerprint density at radius 3 is 2.68 bits per heavy atom. The van der Waals surface area contributed by atoms with Crippen LogP contribution in [0.4, 0.5) is 5.69 Å². The molecule has 0 radical (unpaired) electrons. The summed E-state index contributed by atoms with van der Waals surface area (Å²) in [4.78, 5) is 42.6. The second-order valence-electron chi connectivity index (χ2n) is 6.44. The molecule has 2 heterocycles. The second kappa shape index (κ2) is 8.35. The summed E-state index contributed by atoms with van der Waals surface area (Å²) in [6, 6.07) is 9.08. The molecule has 0 aliphatic heterocycles. The average Bonchev–Trinajstić information content (AvgIpc) is 3.02. The van der Waals surface area contributed by atoms with E-state index in [0.29, 0.717) is 32.8 Å². The zero-order chi connectivity index (χ0) is 20.3. The summed E-state index contributed by atoms with van der Waals surface area (Å²) >= 11 is 1.15. The monoisotopic (exact) mass is 399 g/mol. The van der Waals surface area contributed by atoms with Gasteiger partial charge in [0.15, 0.2) is 0 Å². The van der Waals surface area contributed by atoms with E-state index < -0.39 is 5.97 Å². The smallest absolute Gasteiger partial charge is 0.326 e. The Balaban J connectivity index is 1.89. The van der Waals surface area contributed by atoms with Gasteiger partial charge in [-0.2, -0.15) is 0 Å². The fraction of sp³-hybridized carbons (Fsp3) is 0.300. The number of hydrogen-bond donors (Lipinski definition) is 1. The lowest BCUT2D eigenvalue weighted by molar-refractivity contribution is -0.149. The number of anilines is 1. The second-order valence-corrected chi connectivity index (χ2v) is 7.44. The molecule has 3 aromatic rings. The van der Waals surface area contributed by atoms with Crippen molar-refractivity contribution in [3.8, 4) is 0 Å². The van der Waals surface area contributed by atoms with Crippen LogP contribution in [0.3, 0.4) is 0 Å². The van der Waals surface area contributed by atoms with Crippen molar-refractivity contribution in [1.82, 2.24) is 9.55 Å². The highest BCUT2D eigenvalue weighted by atomic mass is 32.1. The highest BCUT2D eigenvalue weighted by Gasteiger charge is 2.20. The number of nitrogens with zero attached hydrogens (tertiary/aromatic N) is 2. The minimum absolute atomic E-state index is 0.212. The van der Waals surface area contributed by atoms with Crippen LogP contribution in [0, 0.1) is 6.92 Å². The van der Waals surface area contributed by atoms with Crippen LogP contribution < -0.4 is 10.9 Å². The summed E-state index contributed by atoms with van der Waals surface area (Å²) in [5.74, 6) is -0.790. The van der Waals surface area contributed by atoms with Crippen molar-refractivity contribution in [3.05, 3.63) is 57.5 Å². The summed E-state index contributed by atoms with van der Waals surface area (Å²) in [5.41, 5.74) is 0.858. The number of ether oxygens (including phenoxy) is 1. The Morgan fingerprint density at radius 2 is 2.00 bits per heavy atom. The molecular formula is C20H21N3O4S. The lowest BCUT2D eigenvalue weighted by Crippen LogP contribution is -2.27. The topological polar surface area (TPSA) is 90.3 Å². The fourth-order valence-corrected chi connectivity index (χ4v) is 3.72. The molecule has 2 aromatic heterocycles. The molecule has 7 nitrogen and oxygen atoms in total. The minimum atomic E-state index is -0.493. The number of para-hydroxylation sites is 1. The zero-order valence-electron chi connectivity index (χ0n) is 15.9. The number of thiophene rings is 1. The van der Waals surface area contributed by atoms with E-state index in [0.717, 1.165) is 11.3 Å². The molecule has 0 saturated carbocycles. The van der Waals surface area contributed by atoms with E-state index in [-0.39, 0.29) is 24.1 Å². The van der Waals surface area contributed by atoms with Gasteiger partial charge in [0, 0.05) is 5.69 Å². The van der Waals surface area contributed by atoms with E-state index in [1.807, 2.05) is 25.1 Å². The molecule has 146 valence electrons. The first kappa shape index (κ1) is 19.8. The summed E-state index contributed by atoms with van der Waals surface area (Å²) in [6.07, 6.45) is 1.80. The summed E-state index contributed by atoms with van der Waals surface area (Å²) in [6.45, 7) is 5.20. The number of esters is 1. The maximum atomic E-state index is 12.8. The highest BCUT2D eigenvalue weighted by molar-refractivity contribution is 7.20. The van der Waals surface area contributed by atoms with Crippen molar-refractivity contribution in [2.45, 2.75) is 39.8 Å². The molecule has 1 N–H and O–H groups in total. The standard InChI is InChI=1S/C20H21N3O4S/c1-4-12(2)27-15(24)10-23-11-21-19-16(20(23)26)13(3)17(28-19)18(25)22-14-8-6-5-7-9-14/h5-9,11-12H,4,10H2,1-3H3,(H,22,25)/t12-/m1/s1. The molecule has 0 aliphatic rings. The van der Waals surface area contributed by atoms with Crippen LogP contribution in [-0.4, -0.2) is 27.5 Å². The molecule has 0 saturated heterocycles. The number of benzene rings is 1. The van der Waals surface area contributed by atoms with Gasteiger partial charge in [0.2, 0.25) is 0 Å². The molecule has 1 amide bonds. The van der Waals surface area contributed by atoms with E-state index in [4.69, 9.17) is 4.74 Å². The number of nitrogens with one attached hydrogen (secondary N) is 1. The van der Waals surface area contributed by atoms with Crippen LogP contribution in [0.2, 0.25) is 0 Å². The van der Waals surface area contributed by atoms with E-state index in [9.17, 15) is 14.4 Å². The van der Waals surface area contributed by atoms with Gasteiger partial charge in [0.1, 0.15) is 11.4 Å². The molecule has 0 spiro atoms. The van der Waals surface area contributed by atoms with Crippen LogP contribution in [0.1, 0.15) is 35.5 Å². The Hall–Kier alpha value is -3.00. The first-order valence-electron chi connectivity index (χ1n) is 8.95. The van der Waals surface area contributed by atoms with Gasteiger partial charge in [0.25, 0.3) is 11.5 Å². The third kappa shape index (κ3) is 4.12. The minimum Gasteiger partial charge on any atom is -0.461 e. The van der Waals surface area contributed by atoms with Gasteiger partial charge in [-0.15, -0.1) is 11.3 Å². The fourth-order valence-electron chi connectivity index (χ4n) is 2.68. The number of aryl methyl sites for hydroxylation is 1. The van der Waals surface area contributed by atoms with Gasteiger partial charge in [-0.25, -0.2) is 4.98 Å². The molecule has 1 aromatic carbocycles. The third-order valence-corrected chi connectivity index (χ3v) is 5.56. The van der Waals surface area contributed by atoms with Crippen molar-refractivity contribution in [2.24, 2.45) is 0 Å². The van der Waals surface area contributed by atoms with E-state index in [2.05, 4.69) is 10.3 Å². The number of aromatic nitrogens is 2. The van der Waals surface area contributed by atoms with E-state index in [1.165, 1.54) is 10.9 Å². The predicted molar refractivity (Wildman–Crippen MR) is 109 cm³/mol. The van der Waals surface area contributed by atoms with Gasteiger partial charge in [-0.1, -0.05) is 25.1 Å². The van der Waals surface area contributed by atoms with Crippen LogP contribution in [-0.2, 0) is 16.1 Å². The lowest BCUT2D eigenvalue weighted by atomic mass is 10.2. The quantitative estimate of drug-likeness (QED) is 0.642. The number of rotatable bonds is 6. The van der Waals surface area contributed by atoms with Crippen molar-refractivity contribution in [2.75, 3.05) is 5.32 Å². The Kier molecular flexibility index (Phi) is 5.89. The first-order valence-corrected chi connectivity index (χ1v) is 9.76. The van der Waals surface area contributed by atoms with Crippen molar-refractivity contribution < 1.29 is 14.3 Å². The van der Waals surface area contributed by atoms with Crippen LogP contribution >= 0.6 is 11.3 Å². The Labute approximate surface area is 166 Å². The average molecular weight is 399 g/mol. The summed E-state index contributed by atoms with van der Waals surface area (Å²) in [5, 5.41) is 3.16. The van der Waals surface area contributed by atoms with E-state index in [1.54, 1.807) is 26.0 Å². The normalized spacial score (nSPS) is 12.0. The lowest BCUT2D eigenvalue weighted by Gasteiger charge is -2.11. The molecule has 28 heavy (non-hydrogen) atoms. The number of carbonyl (C=O) groups is 2. The van der Waals surface area contributed by atoms with Crippen LogP contribution in [0.5, 0.6) is 0 Å². The van der Waals surface area contributed by atoms with Gasteiger partial charge in [0.05, 0.1) is 22.7 Å². The summed E-state index contributed by atoms with van der Waals surface area (Å²) in [7, 11) is 0. The summed E-state index contributed by atoms with van der Waals surface area (Å²) < 4.78 is 6.44.